The van der Waals surface area contributed by atoms with Crippen molar-refractivity contribution in [2.24, 2.45) is 7.05 Å². The number of aromatic nitrogens is 4. The van der Waals surface area contributed by atoms with E-state index < -0.39 is 5.97 Å². The molecule has 0 unspecified atom stereocenters. The molecule has 84 valence electrons. The Morgan fingerprint density at radius 1 is 1.62 bits per heavy atom. The molecule has 0 spiro atoms. The van der Waals surface area contributed by atoms with Crippen LogP contribution in [0.4, 0.5) is 0 Å². The van der Waals surface area contributed by atoms with E-state index in [9.17, 15) is 9.90 Å². The molecule has 0 fully saturated rings. The second-order valence-corrected chi connectivity index (χ2v) is 3.31. The summed E-state index contributed by atoms with van der Waals surface area (Å²) in [4.78, 5) is 12.7. The summed E-state index contributed by atoms with van der Waals surface area (Å²) in [5.74, 6) is -0.726. The van der Waals surface area contributed by atoms with Crippen molar-refractivity contribution in [1.82, 2.24) is 14.8 Å². The van der Waals surface area contributed by atoms with Crippen LogP contribution in [0.5, 0.6) is 0 Å². The van der Waals surface area contributed by atoms with E-state index in [1.54, 1.807) is 7.05 Å². The van der Waals surface area contributed by atoms with E-state index in [1.807, 2.05) is 0 Å². The molecule has 0 bridgehead atoms. The van der Waals surface area contributed by atoms with Crippen LogP contribution in [0.2, 0.25) is 0 Å². The third-order valence-corrected chi connectivity index (χ3v) is 2.18. The van der Waals surface area contributed by atoms with Crippen LogP contribution in [0.3, 0.4) is 0 Å². The third kappa shape index (κ3) is 1.37. The molecule has 2 heterocycles. The summed E-state index contributed by atoms with van der Waals surface area (Å²) >= 11 is 0. The maximum atomic E-state index is 11.4. The number of esters is 1. The van der Waals surface area contributed by atoms with E-state index in [0.717, 1.165) is 0 Å². The lowest BCUT2D eigenvalue weighted by Gasteiger charge is -1.96. The number of aryl methyl sites for hydroxylation is 1. The fourth-order valence-corrected chi connectivity index (χ4v) is 1.47. The number of methoxy groups -OCH3 is 1. The number of nitrogens with zero attached hydrogens (tertiary/aromatic N) is 4. The van der Waals surface area contributed by atoms with Gasteiger partial charge >= 0.3 is 11.6 Å². The van der Waals surface area contributed by atoms with Crippen molar-refractivity contribution >= 4 is 17.4 Å². The van der Waals surface area contributed by atoms with E-state index in [1.165, 1.54) is 29.4 Å². The lowest BCUT2D eigenvalue weighted by atomic mass is 10.3. The van der Waals surface area contributed by atoms with E-state index in [2.05, 4.69) is 15.0 Å². The van der Waals surface area contributed by atoms with Gasteiger partial charge in [-0.2, -0.15) is 0 Å². The molecule has 0 atom stereocenters. The van der Waals surface area contributed by atoms with Gasteiger partial charge in [0.2, 0.25) is 0 Å². The van der Waals surface area contributed by atoms with Crippen LogP contribution in [0.15, 0.2) is 6.07 Å². The fourth-order valence-electron chi connectivity index (χ4n) is 1.47. The molecule has 0 amide bonds. The molecule has 7 heteroatoms. The Kier molecular flexibility index (Phi) is 2.22. The topological polar surface area (TPSA) is 83.4 Å². The Hall–Kier alpha value is -2.18. The van der Waals surface area contributed by atoms with Crippen molar-refractivity contribution in [3.63, 3.8) is 0 Å². The highest BCUT2D eigenvalue weighted by Crippen LogP contribution is 2.05. The third-order valence-electron chi connectivity index (χ3n) is 2.18. The summed E-state index contributed by atoms with van der Waals surface area (Å²) in [6.07, 6.45) is 0. The zero-order valence-electron chi connectivity index (χ0n) is 9.09. The normalized spacial score (nSPS) is 12.9. The van der Waals surface area contributed by atoms with Gasteiger partial charge in [-0.25, -0.2) is 4.79 Å². The van der Waals surface area contributed by atoms with Gasteiger partial charge < -0.3 is 9.84 Å². The maximum Gasteiger partial charge on any atom is 0.344 e. The lowest BCUT2D eigenvalue weighted by molar-refractivity contribution is -0.784. The molecule has 0 aliphatic heterocycles. The molecule has 7 nitrogen and oxygen atoms in total. The van der Waals surface area contributed by atoms with Gasteiger partial charge in [-0.1, -0.05) is 17.2 Å². The Bertz CT molecular complexity index is 612. The zero-order valence-corrected chi connectivity index (χ0v) is 9.09. The quantitative estimate of drug-likeness (QED) is 0.395. The average Bonchev–Trinajstić information content (AvgIpc) is 2.73. The van der Waals surface area contributed by atoms with Crippen LogP contribution in [-0.2, 0) is 11.8 Å². The van der Waals surface area contributed by atoms with Crippen molar-refractivity contribution in [3.8, 4) is 0 Å². The number of tetrazole rings is 1. The minimum Gasteiger partial charge on any atom is -0.873 e. The van der Waals surface area contributed by atoms with Crippen molar-refractivity contribution in [2.45, 2.75) is 6.92 Å². The summed E-state index contributed by atoms with van der Waals surface area (Å²) in [6.45, 7) is 1.40. The monoisotopic (exact) mass is 222 g/mol. The van der Waals surface area contributed by atoms with Crippen LogP contribution in [-0.4, -0.2) is 27.9 Å². The highest BCUT2D eigenvalue weighted by Gasteiger charge is 2.23. The highest BCUT2D eigenvalue weighted by molar-refractivity contribution is 5.95. The predicted molar refractivity (Wildman–Crippen MR) is 49.8 cm³/mol. The van der Waals surface area contributed by atoms with Crippen molar-refractivity contribution < 1.29 is 19.4 Å². The first-order valence-corrected chi connectivity index (χ1v) is 4.57. The fraction of sp³-hybridized carbons (Fsp3) is 0.333. The maximum absolute atomic E-state index is 11.4. The number of fused-ring (bicyclic) bond motifs is 1. The molecule has 2 aromatic heterocycles. The molecule has 0 aliphatic carbocycles. The first-order chi connectivity index (χ1) is 7.54. The minimum absolute atomic E-state index is 0.189. The van der Waals surface area contributed by atoms with E-state index in [4.69, 9.17) is 0 Å². The number of ether oxygens (including phenoxy) is 1. The Morgan fingerprint density at radius 2 is 2.31 bits per heavy atom. The van der Waals surface area contributed by atoms with Gasteiger partial charge in [0, 0.05) is 6.07 Å². The number of hydrogen-bond donors (Lipinski definition) is 0. The van der Waals surface area contributed by atoms with Gasteiger partial charge in [-0.15, -0.1) is 0 Å². The van der Waals surface area contributed by atoms with Gasteiger partial charge in [0.05, 0.1) is 7.11 Å². The lowest BCUT2D eigenvalue weighted by Crippen LogP contribution is -2.35. The molecule has 0 saturated carbocycles. The van der Waals surface area contributed by atoms with Crippen molar-refractivity contribution in [2.75, 3.05) is 7.11 Å². The van der Waals surface area contributed by atoms with Crippen LogP contribution >= 0.6 is 0 Å². The second kappa shape index (κ2) is 3.44. The molecule has 0 radical (unpaired) electrons. The Balaban J connectivity index is 2.87. The minimum atomic E-state index is -0.537. The van der Waals surface area contributed by atoms with Crippen LogP contribution in [0.25, 0.3) is 11.4 Å². The molecular formula is C9H10N4O3. The number of carbonyl (C=O) groups is 1. The van der Waals surface area contributed by atoms with Crippen molar-refractivity contribution in [3.05, 3.63) is 17.0 Å². The zero-order chi connectivity index (χ0) is 11.9. The average molecular weight is 222 g/mol. The number of carbonyl (C=O) groups excluding carboxylic acids is 1. The van der Waals surface area contributed by atoms with E-state index in [-0.39, 0.29) is 11.3 Å². The van der Waals surface area contributed by atoms with E-state index >= 15 is 0 Å². The SMILES string of the molecule is COC(=O)c1c/c(=C(\C)[O-])n2n[n+](C)nc12. The van der Waals surface area contributed by atoms with E-state index in [0.29, 0.717) is 11.0 Å². The standard InChI is InChI=1S/C9H10N4O3/c1-5(14)7-4-6(9(15)16-3)8-10-12(2)11-13(7)8/h4H,1-3H3. The number of rotatable bonds is 1. The second-order valence-electron chi connectivity index (χ2n) is 3.31. The molecule has 0 N–H and O–H groups in total. The first kappa shape index (κ1) is 10.3. The molecule has 0 aliphatic rings. The summed E-state index contributed by atoms with van der Waals surface area (Å²) in [5.41, 5.74) is 0.556. The highest BCUT2D eigenvalue weighted by atomic mass is 16.5. The van der Waals surface area contributed by atoms with Gasteiger partial charge in [-0.3, -0.25) is 0 Å². The summed E-state index contributed by atoms with van der Waals surface area (Å²) in [5, 5.41) is 19.6. The van der Waals surface area contributed by atoms with Crippen LogP contribution < -0.4 is 15.3 Å². The largest absolute Gasteiger partial charge is 0.873 e. The smallest absolute Gasteiger partial charge is 0.344 e. The van der Waals surface area contributed by atoms with Crippen LogP contribution in [0, 0.1) is 0 Å². The summed E-state index contributed by atoms with van der Waals surface area (Å²) in [6, 6.07) is 1.43. The van der Waals surface area contributed by atoms with Gasteiger partial charge in [-0.05, 0) is 9.90 Å². The molecular weight excluding hydrogens is 212 g/mol. The van der Waals surface area contributed by atoms with Gasteiger partial charge in [0.15, 0.2) is 0 Å². The van der Waals surface area contributed by atoms with Crippen molar-refractivity contribution in [1.29, 1.82) is 0 Å². The van der Waals surface area contributed by atoms with Crippen LogP contribution in [0.1, 0.15) is 17.3 Å². The number of hydrogen-bond acceptors (Lipinski definition) is 5. The first-order valence-electron chi connectivity index (χ1n) is 4.57. The summed E-state index contributed by atoms with van der Waals surface area (Å²) < 4.78 is 5.93. The Morgan fingerprint density at radius 3 is 2.88 bits per heavy atom. The molecule has 2 aromatic rings. The van der Waals surface area contributed by atoms with Gasteiger partial charge in [0.1, 0.15) is 23.2 Å². The van der Waals surface area contributed by atoms with Gasteiger partial charge in [0.25, 0.3) is 0 Å². The molecule has 0 aromatic carbocycles. The predicted octanol–water partition coefficient (Wildman–Crippen LogP) is -2.45. The Labute approximate surface area is 90.5 Å². The molecule has 16 heavy (non-hydrogen) atoms. The molecule has 0 saturated heterocycles. The summed E-state index contributed by atoms with van der Waals surface area (Å²) in [7, 11) is 2.88. The molecule has 2 rings (SSSR count).